The molecule has 0 saturated heterocycles. The van der Waals surface area contributed by atoms with Crippen LogP contribution in [0.1, 0.15) is 5.56 Å². The van der Waals surface area contributed by atoms with Crippen LogP contribution in [0.25, 0.3) is 10.8 Å². The molecule has 5 heteroatoms. The van der Waals surface area contributed by atoms with Crippen molar-refractivity contribution in [1.29, 1.82) is 0 Å². The smallest absolute Gasteiger partial charge is 0.269 e. The summed E-state index contributed by atoms with van der Waals surface area (Å²) in [5.41, 5.74) is 0.621. The van der Waals surface area contributed by atoms with Crippen molar-refractivity contribution in [1.82, 2.24) is 0 Å². The van der Waals surface area contributed by atoms with Crippen LogP contribution in [-0.2, 0) is 15.9 Å². The number of hydrogen-bond acceptors (Lipinski definition) is 2. The summed E-state index contributed by atoms with van der Waals surface area (Å²) in [6.07, 6.45) is 0. The van der Waals surface area contributed by atoms with E-state index in [9.17, 15) is 8.42 Å². The molecule has 2 rings (SSSR count). The molecule has 79 valence electrons. The summed E-state index contributed by atoms with van der Waals surface area (Å²) < 4.78 is 30.4. The van der Waals surface area contributed by atoms with Crippen LogP contribution in [0.3, 0.4) is 0 Å². The van der Waals surface area contributed by atoms with Gasteiger partial charge < -0.3 is 0 Å². The molecule has 0 atom stereocenters. The predicted molar refractivity (Wildman–Crippen MR) is 65.0 cm³/mol. The second kappa shape index (κ2) is 5.29. The molecule has 2 aromatic rings. The Hall–Kier alpha value is -0.390. The Kier molecular flexibility index (Phi) is 4.52. The third kappa shape index (κ3) is 3.30. The Morgan fingerprint density at radius 3 is 2.31 bits per heavy atom. The Labute approximate surface area is 117 Å². The van der Waals surface area contributed by atoms with E-state index in [2.05, 4.69) is 0 Å². The van der Waals surface area contributed by atoms with E-state index in [4.69, 9.17) is 4.55 Å². The van der Waals surface area contributed by atoms with Gasteiger partial charge in [0.15, 0.2) is 0 Å². The molecule has 0 saturated carbocycles. The van der Waals surface area contributed by atoms with Crippen LogP contribution >= 0.6 is 0 Å². The quantitative estimate of drug-likeness (QED) is 0.649. The van der Waals surface area contributed by atoms with E-state index in [1.165, 1.54) is 0 Å². The minimum atomic E-state index is -3.97. The van der Waals surface area contributed by atoms with Crippen molar-refractivity contribution >= 4 is 50.4 Å². The standard InChI is InChI=1S/C11H10O3S.Na/c12-15(13,14)8-10-6-3-5-9-4-1-2-7-11(9)10;/h1-7H,8H2,(H,12,13,14);. The zero-order chi connectivity index (χ0) is 10.9. The average Bonchev–Trinajstić information content (AvgIpc) is 2.16. The molecule has 0 bridgehead atoms. The maximum atomic E-state index is 10.8. The second-order valence-electron chi connectivity index (χ2n) is 3.36. The summed E-state index contributed by atoms with van der Waals surface area (Å²) in [6, 6.07) is 12.9. The van der Waals surface area contributed by atoms with Crippen LogP contribution in [0.4, 0.5) is 0 Å². The Morgan fingerprint density at radius 2 is 1.62 bits per heavy atom. The molecule has 0 unspecified atom stereocenters. The van der Waals surface area contributed by atoms with E-state index in [0.29, 0.717) is 5.56 Å². The number of rotatable bonds is 2. The van der Waals surface area contributed by atoms with Crippen LogP contribution in [0.15, 0.2) is 42.5 Å². The number of benzene rings is 2. The first-order valence-electron chi connectivity index (χ1n) is 4.48. The summed E-state index contributed by atoms with van der Waals surface area (Å²) in [4.78, 5) is 0. The van der Waals surface area contributed by atoms with Gasteiger partial charge in [-0.05, 0) is 16.3 Å². The average molecular weight is 245 g/mol. The molecular weight excluding hydrogens is 235 g/mol. The fraction of sp³-hybridized carbons (Fsp3) is 0.0909. The molecule has 0 aliphatic carbocycles. The molecule has 2 aromatic carbocycles. The van der Waals surface area contributed by atoms with Gasteiger partial charge in [-0.15, -0.1) is 0 Å². The van der Waals surface area contributed by atoms with Crippen molar-refractivity contribution in [3.05, 3.63) is 48.0 Å². The van der Waals surface area contributed by atoms with Gasteiger partial charge in [0, 0.05) is 29.6 Å². The van der Waals surface area contributed by atoms with Gasteiger partial charge in [0.2, 0.25) is 0 Å². The summed E-state index contributed by atoms with van der Waals surface area (Å²) in [7, 11) is -3.97. The molecule has 3 nitrogen and oxygen atoms in total. The van der Waals surface area contributed by atoms with Crippen LogP contribution < -0.4 is 0 Å². The van der Waals surface area contributed by atoms with E-state index in [0.717, 1.165) is 10.8 Å². The van der Waals surface area contributed by atoms with Crippen molar-refractivity contribution in [2.75, 3.05) is 0 Å². The largest absolute Gasteiger partial charge is 0.285 e. The Bertz CT molecular complexity index is 588. The third-order valence-electron chi connectivity index (χ3n) is 2.22. The van der Waals surface area contributed by atoms with Gasteiger partial charge in [-0.1, -0.05) is 42.5 Å². The van der Waals surface area contributed by atoms with Crippen molar-refractivity contribution in [2.24, 2.45) is 0 Å². The third-order valence-corrected chi connectivity index (χ3v) is 2.89. The molecule has 0 aliphatic heterocycles. The molecule has 0 aliphatic rings. The van der Waals surface area contributed by atoms with E-state index < -0.39 is 10.1 Å². The fourth-order valence-electron chi connectivity index (χ4n) is 1.61. The summed E-state index contributed by atoms with van der Waals surface area (Å²) >= 11 is 0. The molecule has 0 amide bonds. The zero-order valence-electron chi connectivity index (χ0n) is 8.92. The second-order valence-corrected chi connectivity index (χ2v) is 4.82. The first kappa shape index (κ1) is 13.7. The molecule has 0 aromatic heterocycles. The van der Waals surface area contributed by atoms with E-state index >= 15 is 0 Å². The van der Waals surface area contributed by atoms with Crippen molar-refractivity contribution in [3.63, 3.8) is 0 Å². The monoisotopic (exact) mass is 245 g/mol. The van der Waals surface area contributed by atoms with Crippen LogP contribution in [-0.4, -0.2) is 42.5 Å². The summed E-state index contributed by atoms with van der Waals surface area (Å²) in [5.74, 6) is -0.339. The Morgan fingerprint density at radius 1 is 1.00 bits per heavy atom. The van der Waals surface area contributed by atoms with Gasteiger partial charge in [0.25, 0.3) is 10.1 Å². The minimum absolute atomic E-state index is 0. The predicted octanol–water partition coefficient (Wildman–Crippen LogP) is 1.85. The summed E-state index contributed by atoms with van der Waals surface area (Å²) in [5, 5.41) is 1.83. The first-order chi connectivity index (χ1) is 7.06. The molecule has 16 heavy (non-hydrogen) atoms. The van der Waals surface area contributed by atoms with E-state index in [-0.39, 0.29) is 35.3 Å². The molecule has 1 N–H and O–H groups in total. The maximum absolute atomic E-state index is 10.8. The van der Waals surface area contributed by atoms with Gasteiger partial charge in [0.05, 0.1) is 0 Å². The molecule has 0 fully saturated rings. The number of hydrogen-bond donors (Lipinski definition) is 1. The molecular formula is C11H10NaO3S. The van der Waals surface area contributed by atoms with Crippen molar-refractivity contribution in [3.8, 4) is 0 Å². The Balaban J connectivity index is 0.00000128. The maximum Gasteiger partial charge on any atom is 0.269 e. The van der Waals surface area contributed by atoms with Gasteiger partial charge in [-0.2, -0.15) is 8.42 Å². The molecule has 0 heterocycles. The fourth-order valence-corrected chi connectivity index (χ4v) is 2.26. The molecule has 0 spiro atoms. The minimum Gasteiger partial charge on any atom is -0.285 e. The summed E-state index contributed by atoms with van der Waals surface area (Å²) in [6.45, 7) is 0. The van der Waals surface area contributed by atoms with E-state index in [1.54, 1.807) is 12.1 Å². The topological polar surface area (TPSA) is 54.4 Å². The molecule has 1 radical (unpaired) electrons. The van der Waals surface area contributed by atoms with Crippen LogP contribution in [0, 0.1) is 0 Å². The van der Waals surface area contributed by atoms with Gasteiger partial charge in [-0.3, -0.25) is 4.55 Å². The van der Waals surface area contributed by atoms with Crippen molar-refractivity contribution in [2.45, 2.75) is 5.75 Å². The zero-order valence-corrected chi connectivity index (χ0v) is 11.7. The van der Waals surface area contributed by atoms with Gasteiger partial charge in [0.1, 0.15) is 5.75 Å². The van der Waals surface area contributed by atoms with E-state index in [1.807, 2.05) is 30.3 Å². The van der Waals surface area contributed by atoms with Gasteiger partial charge >= 0.3 is 0 Å². The normalized spacial score (nSPS) is 11.1. The number of fused-ring (bicyclic) bond motifs is 1. The van der Waals surface area contributed by atoms with Crippen molar-refractivity contribution < 1.29 is 13.0 Å². The first-order valence-corrected chi connectivity index (χ1v) is 6.09. The van der Waals surface area contributed by atoms with Gasteiger partial charge in [-0.25, -0.2) is 0 Å². The SMILES string of the molecule is O=S(=O)(O)Cc1cccc2ccccc12.[Na]. The van der Waals surface area contributed by atoms with Crippen LogP contribution in [0.2, 0.25) is 0 Å². The van der Waals surface area contributed by atoms with Crippen LogP contribution in [0.5, 0.6) is 0 Å².